The van der Waals surface area contributed by atoms with Crippen molar-refractivity contribution in [3.8, 4) is 11.5 Å². The molecule has 8 nitrogen and oxygen atoms in total. The summed E-state index contributed by atoms with van der Waals surface area (Å²) >= 11 is 0. The summed E-state index contributed by atoms with van der Waals surface area (Å²) in [6.07, 6.45) is 2.27. The topological polar surface area (TPSA) is 119 Å². The largest absolute Gasteiger partial charge is 0.490 e. The van der Waals surface area contributed by atoms with E-state index in [0.29, 0.717) is 53.4 Å². The van der Waals surface area contributed by atoms with Gasteiger partial charge in [0, 0.05) is 35.9 Å². The van der Waals surface area contributed by atoms with Gasteiger partial charge in [-0.15, -0.1) is 0 Å². The number of aliphatic hydroxyl groups excluding tert-OH is 1. The van der Waals surface area contributed by atoms with E-state index in [1.165, 1.54) is 6.20 Å². The number of pyridine rings is 1. The first-order chi connectivity index (χ1) is 16.4. The number of nitrogens with two attached hydrogens (primary N) is 1. The maximum absolute atomic E-state index is 12.3. The molecule has 182 valence electrons. The fourth-order valence-electron chi connectivity index (χ4n) is 3.88. The predicted molar refractivity (Wildman–Crippen MR) is 135 cm³/mol. The van der Waals surface area contributed by atoms with E-state index in [2.05, 4.69) is 28.6 Å². The van der Waals surface area contributed by atoms with Gasteiger partial charge in [-0.05, 0) is 50.5 Å². The average Bonchev–Trinajstić information content (AvgIpc) is 2.83. The number of hydrogen-bond acceptors (Lipinski definition) is 7. The number of fused-ring (bicyclic) bond motifs is 1. The van der Waals surface area contributed by atoms with Crippen LogP contribution in [0.25, 0.3) is 10.9 Å². The van der Waals surface area contributed by atoms with Crippen molar-refractivity contribution in [2.24, 2.45) is 5.73 Å². The van der Waals surface area contributed by atoms with Crippen LogP contribution in [0.2, 0.25) is 0 Å². The molecule has 5 N–H and O–H groups in total. The molecule has 0 aliphatic rings. The summed E-state index contributed by atoms with van der Waals surface area (Å²) in [5.41, 5.74) is 10.3. The summed E-state index contributed by atoms with van der Waals surface area (Å²) in [5.74, 6) is 0.605. The van der Waals surface area contributed by atoms with Crippen LogP contribution in [0.15, 0.2) is 36.5 Å². The average molecular weight is 467 g/mol. The Kier molecular flexibility index (Phi) is 8.67. The minimum Gasteiger partial charge on any atom is -0.490 e. The van der Waals surface area contributed by atoms with Gasteiger partial charge < -0.3 is 30.9 Å². The Hall–Kier alpha value is -3.36. The van der Waals surface area contributed by atoms with E-state index in [1.54, 1.807) is 0 Å². The van der Waals surface area contributed by atoms with Gasteiger partial charge in [0.2, 0.25) is 0 Å². The SMILES string of the molecule is CCOc1cc2ncc(C(N)=O)c(Nc3cccc(CNC(C)CO)c3CC)c2cc1OCC. The number of benzene rings is 2. The summed E-state index contributed by atoms with van der Waals surface area (Å²) in [6.45, 7) is 9.48. The smallest absolute Gasteiger partial charge is 0.252 e. The number of hydrogen-bond donors (Lipinski definition) is 4. The molecule has 0 radical (unpaired) electrons. The molecule has 34 heavy (non-hydrogen) atoms. The molecule has 0 saturated heterocycles. The van der Waals surface area contributed by atoms with Gasteiger partial charge in [-0.3, -0.25) is 9.78 Å². The molecule has 0 aliphatic carbocycles. The number of primary amides is 1. The Morgan fingerprint density at radius 3 is 2.47 bits per heavy atom. The molecule has 0 fully saturated rings. The summed E-state index contributed by atoms with van der Waals surface area (Å²) in [6, 6.07) is 9.65. The second-order valence-electron chi connectivity index (χ2n) is 7.98. The lowest BCUT2D eigenvalue weighted by Crippen LogP contribution is -2.29. The van der Waals surface area contributed by atoms with Crippen LogP contribution in [0.1, 0.15) is 49.2 Å². The number of rotatable bonds is 12. The van der Waals surface area contributed by atoms with Crippen LogP contribution in [0.4, 0.5) is 11.4 Å². The van der Waals surface area contributed by atoms with E-state index in [4.69, 9.17) is 15.2 Å². The maximum atomic E-state index is 12.3. The van der Waals surface area contributed by atoms with E-state index in [-0.39, 0.29) is 12.6 Å². The molecular formula is C26H34N4O4. The highest BCUT2D eigenvalue weighted by atomic mass is 16.5. The maximum Gasteiger partial charge on any atom is 0.252 e. The van der Waals surface area contributed by atoms with Crippen molar-refractivity contribution in [1.29, 1.82) is 0 Å². The molecule has 8 heteroatoms. The van der Waals surface area contributed by atoms with Crippen LogP contribution >= 0.6 is 0 Å². The fourth-order valence-corrected chi connectivity index (χ4v) is 3.88. The summed E-state index contributed by atoms with van der Waals surface area (Å²) in [4.78, 5) is 16.8. The third-order valence-corrected chi connectivity index (χ3v) is 5.60. The van der Waals surface area contributed by atoms with E-state index in [9.17, 15) is 9.90 Å². The number of carbonyl (C=O) groups is 1. The number of carbonyl (C=O) groups excluding carboxylic acids is 1. The zero-order valence-corrected chi connectivity index (χ0v) is 20.3. The van der Waals surface area contributed by atoms with Crippen LogP contribution in [-0.2, 0) is 13.0 Å². The Balaban J connectivity index is 2.14. The third-order valence-electron chi connectivity index (χ3n) is 5.60. The highest BCUT2D eigenvalue weighted by molar-refractivity contribution is 6.08. The fraction of sp³-hybridized carbons (Fsp3) is 0.385. The molecule has 0 aliphatic heterocycles. The molecule has 3 rings (SSSR count). The van der Waals surface area contributed by atoms with Crippen molar-refractivity contribution < 1.29 is 19.4 Å². The molecule has 0 saturated carbocycles. The lowest BCUT2D eigenvalue weighted by molar-refractivity contribution is 0.100. The number of amides is 1. The Morgan fingerprint density at radius 1 is 1.15 bits per heavy atom. The van der Waals surface area contributed by atoms with E-state index in [0.717, 1.165) is 23.2 Å². The quantitative estimate of drug-likeness (QED) is 0.320. The first-order valence-electron chi connectivity index (χ1n) is 11.7. The second-order valence-corrected chi connectivity index (χ2v) is 7.98. The van der Waals surface area contributed by atoms with Gasteiger partial charge in [0.1, 0.15) is 0 Å². The predicted octanol–water partition coefficient (Wildman–Crippen LogP) is 3.91. The summed E-state index contributed by atoms with van der Waals surface area (Å²) < 4.78 is 11.5. The van der Waals surface area contributed by atoms with Crippen LogP contribution in [-0.4, -0.2) is 41.9 Å². The Labute approximate surface area is 200 Å². The lowest BCUT2D eigenvalue weighted by Gasteiger charge is -2.20. The molecule has 0 spiro atoms. The van der Waals surface area contributed by atoms with Crippen molar-refractivity contribution in [3.05, 3.63) is 53.2 Å². The first kappa shape index (κ1) is 25.3. The highest BCUT2D eigenvalue weighted by Crippen LogP contribution is 2.38. The minimum atomic E-state index is -0.573. The van der Waals surface area contributed by atoms with Crippen molar-refractivity contribution in [3.63, 3.8) is 0 Å². The monoisotopic (exact) mass is 466 g/mol. The zero-order valence-electron chi connectivity index (χ0n) is 20.3. The van der Waals surface area contributed by atoms with Crippen LogP contribution < -0.4 is 25.8 Å². The van der Waals surface area contributed by atoms with Gasteiger partial charge in [0.05, 0.1) is 36.6 Å². The normalized spacial score (nSPS) is 11.9. The summed E-state index contributed by atoms with van der Waals surface area (Å²) in [5, 5.41) is 16.8. The molecule has 1 aromatic heterocycles. The molecule has 3 aromatic rings. The van der Waals surface area contributed by atoms with Crippen molar-refractivity contribution in [2.75, 3.05) is 25.1 Å². The van der Waals surface area contributed by atoms with Gasteiger partial charge in [-0.25, -0.2) is 0 Å². The molecule has 1 unspecified atom stereocenters. The number of nitrogens with zero attached hydrogens (tertiary/aromatic N) is 1. The second kappa shape index (κ2) is 11.7. The number of anilines is 2. The van der Waals surface area contributed by atoms with Gasteiger partial charge in [-0.1, -0.05) is 19.1 Å². The number of ether oxygens (including phenoxy) is 2. The highest BCUT2D eigenvalue weighted by Gasteiger charge is 2.18. The molecule has 1 atom stereocenters. The van der Waals surface area contributed by atoms with Crippen LogP contribution in [0, 0.1) is 0 Å². The van der Waals surface area contributed by atoms with Gasteiger partial charge >= 0.3 is 0 Å². The minimum absolute atomic E-state index is 0.0107. The molecule has 1 amide bonds. The van der Waals surface area contributed by atoms with E-state index in [1.807, 2.05) is 45.0 Å². The molecule has 2 aromatic carbocycles. The van der Waals surface area contributed by atoms with E-state index < -0.39 is 5.91 Å². The lowest BCUT2D eigenvalue weighted by atomic mass is 10.0. The first-order valence-corrected chi connectivity index (χ1v) is 11.7. The molecule has 1 heterocycles. The number of aliphatic hydroxyl groups is 1. The molecular weight excluding hydrogens is 432 g/mol. The number of aromatic nitrogens is 1. The van der Waals surface area contributed by atoms with Crippen LogP contribution in [0.3, 0.4) is 0 Å². The van der Waals surface area contributed by atoms with Crippen molar-refractivity contribution in [2.45, 2.75) is 46.7 Å². The standard InChI is InChI=1S/C26H34N4O4/c1-5-18-17(13-28-16(4)15-31)9-8-10-21(18)30-25-19-11-23(33-6-2)24(34-7-3)12-22(19)29-14-20(25)26(27)32/h8-12,14,16,28,31H,5-7,13,15H2,1-4H3,(H2,27,32)(H,29,30). The van der Waals surface area contributed by atoms with Gasteiger partial charge in [-0.2, -0.15) is 0 Å². The Bertz CT molecular complexity index is 1150. The third kappa shape index (κ3) is 5.58. The summed E-state index contributed by atoms with van der Waals surface area (Å²) in [7, 11) is 0. The van der Waals surface area contributed by atoms with E-state index >= 15 is 0 Å². The Morgan fingerprint density at radius 2 is 1.85 bits per heavy atom. The van der Waals surface area contributed by atoms with Crippen molar-refractivity contribution in [1.82, 2.24) is 10.3 Å². The van der Waals surface area contributed by atoms with Gasteiger partial charge in [0.25, 0.3) is 5.91 Å². The van der Waals surface area contributed by atoms with Crippen molar-refractivity contribution >= 4 is 28.2 Å². The zero-order chi connectivity index (χ0) is 24.7. The van der Waals surface area contributed by atoms with Crippen LogP contribution in [0.5, 0.6) is 11.5 Å². The molecule has 0 bridgehead atoms. The van der Waals surface area contributed by atoms with Gasteiger partial charge in [0.15, 0.2) is 11.5 Å². The number of nitrogens with one attached hydrogen (secondary N) is 2.